The van der Waals surface area contributed by atoms with Gasteiger partial charge in [-0.1, -0.05) is 25.1 Å². The molecule has 2 aromatic heterocycles. The van der Waals surface area contributed by atoms with Crippen LogP contribution in [0.3, 0.4) is 0 Å². The number of imidazole rings is 1. The molecule has 3 aromatic carbocycles. The minimum Gasteiger partial charge on any atom is -0.491 e. The van der Waals surface area contributed by atoms with Crippen molar-refractivity contribution in [3.8, 4) is 17.0 Å². The predicted molar refractivity (Wildman–Crippen MR) is 177 cm³/mol. The third kappa shape index (κ3) is 10.5. The Morgan fingerprint density at radius 3 is 2.09 bits per heavy atom. The van der Waals surface area contributed by atoms with Crippen LogP contribution in [0.4, 0.5) is 46.6 Å². The number of aromatic nitrogens is 3. The number of anilines is 2. The molecule has 0 radical (unpaired) electrons. The Kier molecular flexibility index (Phi) is 13.5. The minimum absolute atomic E-state index is 0.117. The fourth-order valence-electron chi connectivity index (χ4n) is 4.69. The SMILES string of the molecule is CCOc1cc(CC)cc(C(Nc2ccc3c(N)nccc3c2)c2ncc(-c3cccc(F)c3C(=O)O)[nH]2)c1F.O=C(O)C(F)(F)F.O=C(O)C(F)(F)F. The number of halogens is 8. The summed E-state index contributed by atoms with van der Waals surface area (Å²) in [7, 11) is 0. The fourth-order valence-corrected chi connectivity index (χ4v) is 4.69. The van der Waals surface area contributed by atoms with Crippen LogP contribution >= 0.6 is 0 Å². The summed E-state index contributed by atoms with van der Waals surface area (Å²) in [5.74, 6) is -7.55. The number of benzene rings is 3. The molecule has 0 amide bonds. The highest BCUT2D eigenvalue weighted by molar-refractivity contribution is 5.96. The summed E-state index contributed by atoms with van der Waals surface area (Å²) in [6, 6.07) is 13.9. The molecule has 1 unspecified atom stereocenters. The van der Waals surface area contributed by atoms with Crippen LogP contribution in [0, 0.1) is 11.6 Å². The normalized spacial score (nSPS) is 11.7. The van der Waals surface area contributed by atoms with E-state index in [1.807, 2.05) is 25.1 Å². The van der Waals surface area contributed by atoms with Gasteiger partial charge < -0.3 is 36.1 Å². The number of nitrogens with zero attached hydrogens (tertiary/aromatic N) is 2. The Bertz CT molecular complexity index is 2110. The van der Waals surface area contributed by atoms with Crippen LogP contribution < -0.4 is 15.8 Å². The Labute approximate surface area is 299 Å². The van der Waals surface area contributed by atoms with E-state index >= 15 is 4.39 Å². The van der Waals surface area contributed by atoms with Crippen molar-refractivity contribution in [2.45, 2.75) is 38.7 Å². The average molecular weight is 772 g/mol. The summed E-state index contributed by atoms with van der Waals surface area (Å²) in [4.78, 5) is 41.3. The number of nitrogens with two attached hydrogens (primary N) is 1. The molecule has 288 valence electrons. The molecule has 2 heterocycles. The van der Waals surface area contributed by atoms with Crippen molar-refractivity contribution in [2.24, 2.45) is 0 Å². The molecule has 0 fully saturated rings. The number of pyridine rings is 1. The summed E-state index contributed by atoms with van der Waals surface area (Å²) in [5.41, 5.74) is 7.70. The number of aromatic amines is 1. The average Bonchev–Trinajstić information content (AvgIpc) is 3.58. The van der Waals surface area contributed by atoms with Crippen LogP contribution in [0.1, 0.15) is 47.2 Å². The van der Waals surface area contributed by atoms with Gasteiger partial charge in [-0.05, 0) is 60.7 Å². The van der Waals surface area contributed by atoms with Crippen LogP contribution in [0.15, 0.2) is 67.0 Å². The molecule has 12 nitrogen and oxygen atoms in total. The van der Waals surface area contributed by atoms with Gasteiger partial charge in [0.1, 0.15) is 29.1 Å². The fraction of sp³-hybridized carbons (Fsp3) is 0.206. The third-order valence-corrected chi connectivity index (χ3v) is 7.12. The first-order valence-electron chi connectivity index (χ1n) is 15.2. The van der Waals surface area contributed by atoms with Gasteiger partial charge in [0.25, 0.3) is 0 Å². The van der Waals surface area contributed by atoms with Crippen molar-refractivity contribution >= 4 is 40.2 Å². The number of aliphatic carboxylic acids is 2. The van der Waals surface area contributed by atoms with Gasteiger partial charge in [-0.25, -0.2) is 33.1 Å². The summed E-state index contributed by atoms with van der Waals surface area (Å²) in [6.45, 7) is 4.02. The topological polar surface area (TPSA) is 201 Å². The van der Waals surface area contributed by atoms with Crippen molar-refractivity contribution in [1.82, 2.24) is 15.0 Å². The monoisotopic (exact) mass is 771 g/mol. The first-order chi connectivity index (χ1) is 25.2. The lowest BCUT2D eigenvalue weighted by Gasteiger charge is -2.22. The lowest BCUT2D eigenvalue weighted by atomic mass is 9.99. The quantitative estimate of drug-likeness (QED) is 0.0806. The number of nitrogen functional groups attached to an aromatic ring is 1. The van der Waals surface area contributed by atoms with Crippen LogP contribution in [0.5, 0.6) is 5.75 Å². The van der Waals surface area contributed by atoms with Gasteiger partial charge in [-0.3, -0.25) is 0 Å². The van der Waals surface area contributed by atoms with Gasteiger partial charge in [-0.2, -0.15) is 26.3 Å². The number of hydrogen-bond donors (Lipinski definition) is 6. The molecule has 0 aliphatic heterocycles. The van der Waals surface area contributed by atoms with E-state index in [1.54, 1.807) is 31.3 Å². The molecule has 0 spiro atoms. The van der Waals surface area contributed by atoms with E-state index in [0.717, 1.165) is 22.4 Å². The molecule has 5 rings (SSSR count). The number of H-pyrrole nitrogens is 1. The largest absolute Gasteiger partial charge is 0.491 e. The summed E-state index contributed by atoms with van der Waals surface area (Å²) >= 11 is 0. The number of carbonyl (C=O) groups is 3. The molecular formula is C34H29F8N5O7. The molecule has 0 bridgehead atoms. The molecule has 54 heavy (non-hydrogen) atoms. The van der Waals surface area contributed by atoms with Gasteiger partial charge >= 0.3 is 30.3 Å². The number of carboxylic acid groups (broad SMARTS) is 3. The molecular weight excluding hydrogens is 742 g/mol. The lowest BCUT2D eigenvalue weighted by Crippen LogP contribution is -2.21. The summed E-state index contributed by atoms with van der Waals surface area (Å²) in [6.07, 6.45) is -6.52. The van der Waals surface area contributed by atoms with Crippen molar-refractivity contribution in [3.05, 3.63) is 101 Å². The summed E-state index contributed by atoms with van der Waals surface area (Å²) in [5, 5.41) is 28.8. The predicted octanol–water partition coefficient (Wildman–Crippen LogP) is 7.61. The second kappa shape index (κ2) is 17.4. The highest BCUT2D eigenvalue weighted by Gasteiger charge is 2.39. The standard InChI is InChI=1S/C30H27F2N5O3.2C2HF3O2/c1-3-16-12-21(26(32)24(13-16)40-4-2)27(36-18-8-9-19-17(14-18)10-11-34-28(19)33)29-35-15-23(37-29)20-6-5-7-22(31)25(20)30(38)39;2*3-2(4,5)1(6)7/h5-15,27,36H,3-4H2,1-2H3,(H2,33,34)(H,35,37)(H,38,39);2*(H,6,7). The van der Waals surface area contributed by atoms with E-state index in [1.165, 1.54) is 18.3 Å². The molecule has 7 N–H and O–H groups in total. The van der Waals surface area contributed by atoms with Crippen LogP contribution in [-0.2, 0) is 16.0 Å². The molecule has 5 aromatic rings. The molecule has 1 atom stereocenters. The van der Waals surface area contributed by atoms with Crippen LogP contribution in [0.25, 0.3) is 22.0 Å². The van der Waals surface area contributed by atoms with E-state index in [-0.39, 0.29) is 29.2 Å². The van der Waals surface area contributed by atoms with Gasteiger partial charge in [0, 0.05) is 28.4 Å². The van der Waals surface area contributed by atoms with Crippen LogP contribution in [-0.4, -0.2) is 67.1 Å². The maximum Gasteiger partial charge on any atom is 0.490 e. The minimum atomic E-state index is -5.08. The molecule has 0 saturated carbocycles. The van der Waals surface area contributed by atoms with Crippen molar-refractivity contribution in [1.29, 1.82) is 0 Å². The van der Waals surface area contributed by atoms with E-state index in [4.69, 9.17) is 30.3 Å². The molecule has 0 aliphatic carbocycles. The number of rotatable bonds is 9. The van der Waals surface area contributed by atoms with Gasteiger partial charge in [0.05, 0.1) is 18.5 Å². The number of alkyl halides is 6. The van der Waals surface area contributed by atoms with E-state index in [2.05, 4.69) is 20.3 Å². The van der Waals surface area contributed by atoms with Gasteiger partial charge in [0.15, 0.2) is 11.6 Å². The first-order valence-corrected chi connectivity index (χ1v) is 15.2. The lowest BCUT2D eigenvalue weighted by molar-refractivity contribution is -0.193. The highest BCUT2D eigenvalue weighted by atomic mass is 19.4. The Hall–Kier alpha value is -6.47. The number of fused-ring (bicyclic) bond motifs is 1. The van der Waals surface area contributed by atoms with E-state index in [0.29, 0.717) is 23.8 Å². The zero-order valence-corrected chi connectivity index (χ0v) is 27.8. The van der Waals surface area contributed by atoms with Crippen LogP contribution in [0.2, 0.25) is 0 Å². The Morgan fingerprint density at radius 2 is 1.54 bits per heavy atom. The van der Waals surface area contributed by atoms with Crippen molar-refractivity contribution < 1.29 is 69.6 Å². The Morgan fingerprint density at radius 1 is 0.907 bits per heavy atom. The molecule has 0 saturated heterocycles. The second-order valence-electron chi connectivity index (χ2n) is 10.7. The Balaban J connectivity index is 0.000000476. The molecule has 0 aliphatic rings. The number of hydrogen-bond acceptors (Lipinski definition) is 8. The van der Waals surface area contributed by atoms with E-state index < -0.39 is 53.5 Å². The smallest absolute Gasteiger partial charge is 0.490 e. The van der Waals surface area contributed by atoms with E-state index in [9.17, 15) is 40.6 Å². The maximum atomic E-state index is 15.9. The number of nitrogens with one attached hydrogen (secondary N) is 2. The number of ether oxygens (including phenoxy) is 1. The summed E-state index contributed by atoms with van der Waals surface area (Å²) < 4.78 is 99.4. The van der Waals surface area contributed by atoms with Crippen molar-refractivity contribution in [2.75, 3.05) is 17.7 Å². The number of aryl methyl sites for hydroxylation is 1. The zero-order chi connectivity index (χ0) is 40.5. The van der Waals surface area contributed by atoms with Crippen molar-refractivity contribution in [3.63, 3.8) is 0 Å². The first kappa shape index (κ1) is 41.9. The van der Waals surface area contributed by atoms with Gasteiger partial charge in [0.2, 0.25) is 0 Å². The highest BCUT2D eigenvalue weighted by Crippen LogP contribution is 2.35. The number of carboxylic acids is 3. The third-order valence-electron chi connectivity index (χ3n) is 7.12. The second-order valence-corrected chi connectivity index (χ2v) is 10.7. The number of aromatic carboxylic acids is 1. The molecule has 20 heteroatoms. The zero-order valence-electron chi connectivity index (χ0n) is 27.8. The van der Waals surface area contributed by atoms with Gasteiger partial charge in [-0.15, -0.1) is 0 Å². The maximum absolute atomic E-state index is 15.9.